The average molecular weight is 457 g/mol. The van der Waals surface area contributed by atoms with Gasteiger partial charge in [-0.15, -0.1) is 0 Å². The van der Waals surface area contributed by atoms with Gasteiger partial charge in [0.25, 0.3) is 0 Å². The van der Waals surface area contributed by atoms with Crippen molar-refractivity contribution in [3.05, 3.63) is 0 Å². The van der Waals surface area contributed by atoms with Crippen LogP contribution in [-0.4, -0.2) is 50.3 Å². The van der Waals surface area contributed by atoms with Gasteiger partial charge in [0, 0.05) is 26.4 Å². The molecule has 0 spiro atoms. The van der Waals surface area contributed by atoms with E-state index >= 15 is 0 Å². The zero-order chi connectivity index (χ0) is 23.5. The van der Waals surface area contributed by atoms with Crippen LogP contribution >= 0.6 is 0 Å². The van der Waals surface area contributed by atoms with Crippen molar-refractivity contribution in [1.82, 2.24) is 0 Å². The Kier molecular flexibility index (Phi) is 17.0. The summed E-state index contributed by atoms with van der Waals surface area (Å²) in [7, 11) is 0. The van der Waals surface area contributed by atoms with E-state index in [-0.39, 0.29) is 17.3 Å². The Balaban J connectivity index is 2.15. The van der Waals surface area contributed by atoms with Crippen molar-refractivity contribution in [2.24, 2.45) is 0 Å². The minimum absolute atomic E-state index is 0.214. The summed E-state index contributed by atoms with van der Waals surface area (Å²) in [4.78, 5) is 0. The summed E-state index contributed by atoms with van der Waals surface area (Å²) in [6.45, 7) is 14.3. The van der Waals surface area contributed by atoms with Crippen molar-refractivity contribution in [1.29, 1.82) is 0 Å². The molecular formula is C28H56O4. The normalized spacial score (nSPS) is 23.0. The predicted octanol–water partition coefficient (Wildman–Crippen LogP) is 7.86. The Bertz CT molecular complexity index is 422. The smallest absolute Gasteiger partial charge is 0.0909 e. The fourth-order valence-electron chi connectivity index (χ4n) is 4.11. The highest BCUT2D eigenvalue weighted by Crippen LogP contribution is 2.29. The molecule has 0 radical (unpaired) electrons. The van der Waals surface area contributed by atoms with Gasteiger partial charge < -0.3 is 18.9 Å². The Labute approximate surface area is 200 Å². The third kappa shape index (κ3) is 14.2. The molecule has 0 aromatic carbocycles. The van der Waals surface area contributed by atoms with Gasteiger partial charge in [-0.05, 0) is 47.0 Å². The van der Waals surface area contributed by atoms with Crippen LogP contribution < -0.4 is 0 Å². The van der Waals surface area contributed by atoms with Crippen LogP contribution in [0.1, 0.15) is 131 Å². The van der Waals surface area contributed by atoms with Crippen molar-refractivity contribution in [2.45, 2.75) is 148 Å². The van der Waals surface area contributed by atoms with E-state index in [1.54, 1.807) is 0 Å². The van der Waals surface area contributed by atoms with Gasteiger partial charge in [0.1, 0.15) is 0 Å². The standard InChI is InChI=1S/C28H56O4/c1-6-7-8-9-10-11-12-13-14-15-16-17-20-26-25-29-21-18-23-31-27(2,3)28(4,5)32-24-19-22-30-26/h26H,6-25H2,1-5H3. The molecule has 0 amide bonds. The van der Waals surface area contributed by atoms with Crippen LogP contribution in [0.2, 0.25) is 0 Å². The van der Waals surface area contributed by atoms with Gasteiger partial charge in [-0.1, -0.05) is 84.0 Å². The number of hydrogen-bond acceptors (Lipinski definition) is 4. The van der Waals surface area contributed by atoms with E-state index in [0.717, 1.165) is 32.5 Å². The van der Waals surface area contributed by atoms with Crippen LogP contribution in [0.5, 0.6) is 0 Å². The molecule has 192 valence electrons. The van der Waals surface area contributed by atoms with Crippen molar-refractivity contribution in [2.75, 3.05) is 33.0 Å². The predicted molar refractivity (Wildman–Crippen MR) is 136 cm³/mol. The van der Waals surface area contributed by atoms with Gasteiger partial charge in [-0.2, -0.15) is 0 Å². The number of rotatable bonds is 13. The molecule has 1 unspecified atom stereocenters. The van der Waals surface area contributed by atoms with Crippen LogP contribution in [0.3, 0.4) is 0 Å². The summed E-state index contributed by atoms with van der Waals surface area (Å²) in [5.41, 5.74) is -0.651. The van der Waals surface area contributed by atoms with E-state index in [1.165, 1.54) is 77.0 Å². The molecular weight excluding hydrogens is 400 g/mol. The maximum Gasteiger partial charge on any atom is 0.0909 e. The first-order chi connectivity index (χ1) is 15.4. The van der Waals surface area contributed by atoms with Gasteiger partial charge in [0.05, 0.1) is 23.9 Å². The Morgan fingerprint density at radius 1 is 0.594 bits per heavy atom. The lowest BCUT2D eigenvalue weighted by Crippen LogP contribution is -2.50. The van der Waals surface area contributed by atoms with Crippen LogP contribution in [0.15, 0.2) is 0 Å². The highest BCUT2D eigenvalue weighted by molar-refractivity contribution is 4.89. The summed E-state index contributed by atoms with van der Waals surface area (Å²) in [6.07, 6.45) is 19.8. The van der Waals surface area contributed by atoms with E-state index < -0.39 is 0 Å². The fourth-order valence-corrected chi connectivity index (χ4v) is 4.11. The van der Waals surface area contributed by atoms with Crippen LogP contribution in [-0.2, 0) is 18.9 Å². The Morgan fingerprint density at radius 3 is 1.59 bits per heavy atom. The zero-order valence-electron chi connectivity index (χ0n) is 22.4. The third-order valence-corrected chi connectivity index (χ3v) is 7.13. The largest absolute Gasteiger partial charge is 0.379 e. The monoisotopic (exact) mass is 456 g/mol. The van der Waals surface area contributed by atoms with E-state index in [4.69, 9.17) is 18.9 Å². The summed E-state index contributed by atoms with van der Waals surface area (Å²) >= 11 is 0. The van der Waals surface area contributed by atoms with Gasteiger partial charge >= 0.3 is 0 Å². The second-order valence-corrected chi connectivity index (χ2v) is 10.7. The average Bonchev–Trinajstić information content (AvgIpc) is 2.75. The lowest BCUT2D eigenvalue weighted by atomic mass is 9.89. The molecule has 4 nitrogen and oxygen atoms in total. The van der Waals surface area contributed by atoms with E-state index in [1.807, 2.05) is 0 Å². The first-order valence-corrected chi connectivity index (χ1v) is 13.9. The zero-order valence-corrected chi connectivity index (χ0v) is 22.4. The number of hydrogen-bond donors (Lipinski definition) is 0. The molecule has 32 heavy (non-hydrogen) atoms. The van der Waals surface area contributed by atoms with E-state index in [0.29, 0.717) is 19.8 Å². The lowest BCUT2D eigenvalue weighted by molar-refractivity contribution is -0.181. The first kappa shape index (κ1) is 29.9. The number of ether oxygens (including phenoxy) is 4. The van der Waals surface area contributed by atoms with Crippen LogP contribution in [0.4, 0.5) is 0 Å². The second kappa shape index (κ2) is 18.2. The summed E-state index contributed by atoms with van der Waals surface area (Å²) in [6, 6.07) is 0. The molecule has 0 N–H and O–H groups in total. The Morgan fingerprint density at radius 2 is 1.06 bits per heavy atom. The molecule has 1 rings (SSSR count). The third-order valence-electron chi connectivity index (χ3n) is 7.13. The number of unbranched alkanes of at least 4 members (excludes halogenated alkanes) is 11. The maximum absolute atomic E-state index is 6.17. The molecule has 0 saturated carbocycles. The summed E-state index contributed by atoms with van der Waals surface area (Å²) < 4.78 is 24.4. The maximum atomic E-state index is 6.17. The molecule has 1 heterocycles. The second-order valence-electron chi connectivity index (χ2n) is 10.7. The molecule has 4 heteroatoms. The van der Waals surface area contributed by atoms with Crippen molar-refractivity contribution >= 4 is 0 Å². The highest BCUT2D eigenvalue weighted by atomic mass is 16.6. The molecule has 0 aliphatic carbocycles. The van der Waals surface area contributed by atoms with Gasteiger partial charge in [0.2, 0.25) is 0 Å². The quantitative estimate of drug-likeness (QED) is 0.264. The lowest BCUT2D eigenvalue weighted by Gasteiger charge is -2.41. The molecule has 0 bridgehead atoms. The molecule has 1 aliphatic rings. The molecule has 1 atom stereocenters. The highest BCUT2D eigenvalue weighted by Gasteiger charge is 2.38. The van der Waals surface area contributed by atoms with Crippen LogP contribution in [0.25, 0.3) is 0 Å². The minimum atomic E-state index is -0.327. The van der Waals surface area contributed by atoms with Crippen molar-refractivity contribution in [3.63, 3.8) is 0 Å². The van der Waals surface area contributed by atoms with Gasteiger partial charge in [0.15, 0.2) is 0 Å². The minimum Gasteiger partial charge on any atom is -0.379 e. The topological polar surface area (TPSA) is 36.9 Å². The van der Waals surface area contributed by atoms with Crippen LogP contribution in [0, 0.1) is 0 Å². The molecule has 0 aromatic rings. The van der Waals surface area contributed by atoms with Gasteiger partial charge in [-0.3, -0.25) is 0 Å². The van der Waals surface area contributed by atoms with Crippen molar-refractivity contribution < 1.29 is 18.9 Å². The summed E-state index contributed by atoms with van der Waals surface area (Å²) in [5, 5.41) is 0. The van der Waals surface area contributed by atoms with E-state index in [2.05, 4.69) is 34.6 Å². The SMILES string of the molecule is CCCCCCCCCCCCCCC1COCCCOC(C)(C)C(C)(C)OCCCO1. The molecule has 1 saturated heterocycles. The van der Waals surface area contributed by atoms with Gasteiger partial charge in [-0.25, -0.2) is 0 Å². The summed E-state index contributed by atoms with van der Waals surface area (Å²) in [5.74, 6) is 0. The Hall–Kier alpha value is -0.160. The molecule has 0 aromatic heterocycles. The molecule has 1 aliphatic heterocycles. The molecule has 1 fully saturated rings. The first-order valence-electron chi connectivity index (χ1n) is 13.9. The fraction of sp³-hybridized carbons (Fsp3) is 1.00. The van der Waals surface area contributed by atoms with E-state index in [9.17, 15) is 0 Å². The van der Waals surface area contributed by atoms with Crippen molar-refractivity contribution in [3.8, 4) is 0 Å².